The molecule has 2 nitrogen and oxygen atoms in total. The van der Waals surface area contributed by atoms with Gasteiger partial charge >= 0.3 is 0 Å². The average Bonchev–Trinajstić information content (AvgIpc) is 2.68. The number of ketones is 1. The lowest BCUT2D eigenvalue weighted by molar-refractivity contribution is 0.0997. The number of Topliss-reactive ketones (excluding diaryl/α,β-unsaturated/α-hetero) is 1. The molecule has 0 saturated carbocycles. The summed E-state index contributed by atoms with van der Waals surface area (Å²) < 4.78 is 0. The molecule has 5 heteroatoms. The second-order valence-electron chi connectivity index (χ2n) is 3.16. The number of halogens is 2. The van der Waals surface area contributed by atoms with E-state index in [0.717, 1.165) is 5.56 Å². The summed E-state index contributed by atoms with van der Waals surface area (Å²) in [6.07, 6.45) is 3.40. The molecule has 0 aromatic carbocycles. The first-order chi connectivity index (χ1) is 7.68. The third-order valence-electron chi connectivity index (χ3n) is 2.08. The summed E-state index contributed by atoms with van der Waals surface area (Å²) in [5.41, 5.74) is 0.770. The van der Waals surface area contributed by atoms with Crippen molar-refractivity contribution in [3.63, 3.8) is 0 Å². The van der Waals surface area contributed by atoms with Gasteiger partial charge in [0, 0.05) is 18.8 Å². The van der Waals surface area contributed by atoms with Crippen molar-refractivity contribution in [2.75, 3.05) is 0 Å². The Bertz CT molecular complexity index is 524. The smallest absolute Gasteiger partial charge is 0.178 e. The fourth-order valence-electron chi connectivity index (χ4n) is 1.29. The number of aromatic nitrogens is 1. The largest absolute Gasteiger partial charge is 0.293 e. The van der Waals surface area contributed by atoms with Gasteiger partial charge in [-0.05, 0) is 23.1 Å². The van der Waals surface area contributed by atoms with Crippen molar-refractivity contribution in [3.05, 3.63) is 50.4 Å². The molecule has 0 N–H and O–H groups in total. The quantitative estimate of drug-likeness (QED) is 0.794. The third kappa shape index (κ3) is 2.43. The van der Waals surface area contributed by atoms with Crippen LogP contribution in [0.3, 0.4) is 0 Å². The van der Waals surface area contributed by atoms with Gasteiger partial charge in [-0.25, -0.2) is 0 Å². The number of thiophene rings is 1. The predicted octanol–water partition coefficient (Wildman–Crippen LogP) is 3.88. The Kier molecular flexibility index (Phi) is 3.59. The van der Waals surface area contributed by atoms with Gasteiger partial charge in [0.05, 0.1) is 14.9 Å². The zero-order chi connectivity index (χ0) is 11.5. The number of carbonyl (C=O) groups is 1. The Morgan fingerprint density at radius 2 is 2.12 bits per heavy atom. The minimum absolute atomic E-state index is 0.0203. The van der Waals surface area contributed by atoms with E-state index in [9.17, 15) is 4.79 Å². The van der Waals surface area contributed by atoms with Crippen molar-refractivity contribution >= 4 is 40.3 Å². The summed E-state index contributed by atoms with van der Waals surface area (Å²) in [5, 5.41) is 2.80. The van der Waals surface area contributed by atoms with Crippen LogP contribution in [-0.4, -0.2) is 10.8 Å². The molecule has 2 rings (SSSR count). The van der Waals surface area contributed by atoms with E-state index in [1.807, 2.05) is 0 Å². The molecular formula is C11H7Cl2NOS. The van der Waals surface area contributed by atoms with Crippen LogP contribution < -0.4 is 0 Å². The van der Waals surface area contributed by atoms with Gasteiger partial charge in [-0.2, -0.15) is 0 Å². The van der Waals surface area contributed by atoms with Crippen molar-refractivity contribution in [2.45, 2.75) is 6.42 Å². The lowest BCUT2D eigenvalue weighted by Gasteiger charge is -2.01. The second kappa shape index (κ2) is 4.95. The molecule has 16 heavy (non-hydrogen) atoms. The van der Waals surface area contributed by atoms with Crippen molar-refractivity contribution < 1.29 is 4.79 Å². The van der Waals surface area contributed by atoms with Gasteiger partial charge in [0.1, 0.15) is 0 Å². The summed E-state index contributed by atoms with van der Waals surface area (Å²) in [6.45, 7) is 0. The Labute approximate surface area is 107 Å². The van der Waals surface area contributed by atoms with E-state index in [1.54, 1.807) is 23.7 Å². The van der Waals surface area contributed by atoms with Gasteiger partial charge in [-0.15, -0.1) is 11.3 Å². The van der Waals surface area contributed by atoms with Crippen molar-refractivity contribution in [2.24, 2.45) is 0 Å². The first-order valence-electron chi connectivity index (χ1n) is 4.53. The van der Waals surface area contributed by atoms with Crippen LogP contribution >= 0.6 is 34.5 Å². The molecule has 2 aromatic rings. The SMILES string of the molecule is O=C(Cc1ccncc1Cl)c1sccc1Cl. The maximum atomic E-state index is 11.9. The Hall–Kier alpha value is -0.900. The second-order valence-corrected chi connectivity index (χ2v) is 4.90. The first-order valence-corrected chi connectivity index (χ1v) is 6.16. The first kappa shape index (κ1) is 11.6. The van der Waals surface area contributed by atoms with Crippen LogP contribution in [0, 0.1) is 0 Å². The van der Waals surface area contributed by atoms with Gasteiger partial charge < -0.3 is 0 Å². The average molecular weight is 272 g/mol. The molecule has 2 aromatic heterocycles. The maximum Gasteiger partial charge on any atom is 0.178 e. The molecule has 2 heterocycles. The maximum absolute atomic E-state index is 11.9. The minimum atomic E-state index is -0.0203. The topological polar surface area (TPSA) is 30.0 Å². The van der Waals surface area contributed by atoms with Crippen LogP contribution in [0.15, 0.2) is 29.9 Å². The molecule has 0 unspecified atom stereocenters. The molecule has 0 aliphatic carbocycles. The van der Waals surface area contributed by atoms with E-state index in [4.69, 9.17) is 23.2 Å². The summed E-state index contributed by atoms with van der Waals surface area (Å²) in [6, 6.07) is 3.45. The Morgan fingerprint density at radius 1 is 1.31 bits per heavy atom. The predicted molar refractivity (Wildman–Crippen MR) is 66.6 cm³/mol. The molecule has 82 valence electrons. The molecular weight excluding hydrogens is 265 g/mol. The molecule has 0 radical (unpaired) electrons. The number of nitrogens with zero attached hydrogens (tertiary/aromatic N) is 1. The lowest BCUT2D eigenvalue weighted by Crippen LogP contribution is -2.02. The van der Waals surface area contributed by atoms with Crippen LogP contribution in [0.25, 0.3) is 0 Å². The highest BCUT2D eigenvalue weighted by molar-refractivity contribution is 7.12. The van der Waals surface area contributed by atoms with Gasteiger partial charge in [0.15, 0.2) is 5.78 Å². The molecule has 0 aliphatic heterocycles. The van der Waals surface area contributed by atoms with Crippen LogP contribution in [-0.2, 0) is 6.42 Å². The monoisotopic (exact) mass is 271 g/mol. The number of hydrogen-bond acceptors (Lipinski definition) is 3. The third-order valence-corrected chi connectivity index (χ3v) is 3.80. The van der Waals surface area contributed by atoms with Crippen LogP contribution in [0.2, 0.25) is 10.0 Å². The van der Waals surface area contributed by atoms with Crippen LogP contribution in [0.5, 0.6) is 0 Å². The van der Waals surface area contributed by atoms with Crippen molar-refractivity contribution in [3.8, 4) is 0 Å². The zero-order valence-electron chi connectivity index (χ0n) is 8.11. The van der Waals surface area contributed by atoms with Crippen molar-refractivity contribution in [1.82, 2.24) is 4.98 Å². The van der Waals surface area contributed by atoms with E-state index >= 15 is 0 Å². The molecule has 0 bridgehead atoms. The number of hydrogen-bond donors (Lipinski definition) is 0. The number of pyridine rings is 1. The zero-order valence-corrected chi connectivity index (χ0v) is 10.4. The van der Waals surface area contributed by atoms with E-state index in [2.05, 4.69) is 4.98 Å². The molecule has 0 amide bonds. The highest BCUT2D eigenvalue weighted by Crippen LogP contribution is 2.25. The Morgan fingerprint density at radius 3 is 2.75 bits per heavy atom. The molecule has 0 fully saturated rings. The molecule has 0 atom stereocenters. The highest BCUT2D eigenvalue weighted by Gasteiger charge is 2.13. The standard InChI is InChI=1S/C11H7Cl2NOS/c12-8-2-4-16-11(8)10(15)5-7-1-3-14-6-9(7)13/h1-4,6H,5H2. The van der Waals surface area contributed by atoms with Gasteiger partial charge in [0.25, 0.3) is 0 Å². The number of rotatable bonds is 3. The Balaban J connectivity index is 2.21. The highest BCUT2D eigenvalue weighted by atomic mass is 35.5. The van der Waals surface area contributed by atoms with E-state index in [0.29, 0.717) is 14.9 Å². The van der Waals surface area contributed by atoms with Gasteiger partial charge in [-0.1, -0.05) is 23.2 Å². The van der Waals surface area contributed by atoms with E-state index in [-0.39, 0.29) is 12.2 Å². The fraction of sp³-hybridized carbons (Fsp3) is 0.0909. The molecule has 0 spiro atoms. The summed E-state index contributed by atoms with van der Waals surface area (Å²) in [4.78, 5) is 16.3. The number of carbonyl (C=O) groups excluding carboxylic acids is 1. The van der Waals surface area contributed by atoms with Crippen LogP contribution in [0.4, 0.5) is 0 Å². The van der Waals surface area contributed by atoms with Crippen LogP contribution in [0.1, 0.15) is 15.2 Å². The normalized spacial score (nSPS) is 10.4. The summed E-state index contributed by atoms with van der Waals surface area (Å²) in [7, 11) is 0. The van der Waals surface area contributed by atoms with E-state index < -0.39 is 0 Å². The van der Waals surface area contributed by atoms with Gasteiger partial charge in [-0.3, -0.25) is 9.78 Å². The van der Waals surface area contributed by atoms with E-state index in [1.165, 1.54) is 17.5 Å². The molecule has 0 saturated heterocycles. The molecule has 0 aliphatic rings. The summed E-state index contributed by atoms with van der Waals surface area (Å²) >= 11 is 13.2. The summed E-state index contributed by atoms with van der Waals surface area (Å²) in [5.74, 6) is -0.0203. The van der Waals surface area contributed by atoms with Gasteiger partial charge in [0.2, 0.25) is 0 Å². The fourth-order valence-corrected chi connectivity index (χ4v) is 2.58. The van der Waals surface area contributed by atoms with Crippen molar-refractivity contribution in [1.29, 1.82) is 0 Å². The minimum Gasteiger partial charge on any atom is -0.293 e. The lowest BCUT2D eigenvalue weighted by atomic mass is 10.1.